The average molecular weight is 289 g/mol. The number of piperidine rings is 2. The molecular formula is C14H19N5O2. The molecule has 3 rings (SSSR count). The minimum Gasteiger partial charge on any atom is -0.353 e. The smallest absolute Gasteiger partial charge is 0.272 e. The second kappa shape index (κ2) is 5.69. The molecule has 0 spiro atoms. The molecule has 21 heavy (non-hydrogen) atoms. The zero-order chi connectivity index (χ0) is 14.8. The van der Waals surface area contributed by atoms with E-state index < -0.39 is 0 Å². The molecule has 0 radical (unpaired) electrons. The first-order valence-corrected chi connectivity index (χ1v) is 7.19. The van der Waals surface area contributed by atoms with Gasteiger partial charge >= 0.3 is 0 Å². The average Bonchev–Trinajstić information content (AvgIpc) is 2.53. The summed E-state index contributed by atoms with van der Waals surface area (Å²) in [6, 6.07) is 5.36. The lowest BCUT2D eigenvalue weighted by Crippen LogP contribution is -2.55. The van der Waals surface area contributed by atoms with Crippen molar-refractivity contribution in [2.75, 3.05) is 18.5 Å². The van der Waals surface area contributed by atoms with Gasteiger partial charge in [0.2, 0.25) is 5.91 Å². The van der Waals surface area contributed by atoms with Gasteiger partial charge in [0.25, 0.3) is 5.91 Å². The lowest BCUT2D eigenvalue weighted by Gasteiger charge is -2.41. The summed E-state index contributed by atoms with van der Waals surface area (Å²) in [7, 11) is 0. The SMILES string of the molecule is NNc1cccc(C(=O)N2CCC3NC(=O)CCC3C2)n1. The van der Waals surface area contributed by atoms with E-state index in [9.17, 15) is 9.59 Å². The Morgan fingerprint density at radius 1 is 1.43 bits per heavy atom. The van der Waals surface area contributed by atoms with Crippen LogP contribution in [0.2, 0.25) is 0 Å². The molecule has 2 aliphatic heterocycles. The number of fused-ring (bicyclic) bond motifs is 1. The molecular weight excluding hydrogens is 270 g/mol. The van der Waals surface area contributed by atoms with Crippen LogP contribution in [0, 0.1) is 5.92 Å². The highest BCUT2D eigenvalue weighted by atomic mass is 16.2. The molecule has 2 fully saturated rings. The highest BCUT2D eigenvalue weighted by Gasteiger charge is 2.35. The van der Waals surface area contributed by atoms with Crippen LogP contribution < -0.4 is 16.6 Å². The highest BCUT2D eigenvalue weighted by Crippen LogP contribution is 2.26. The highest BCUT2D eigenvalue weighted by molar-refractivity contribution is 5.92. The molecule has 0 aromatic carbocycles. The minimum atomic E-state index is -0.0811. The number of rotatable bonds is 2. The Balaban J connectivity index is 1.70. The van der Waals surface area contributed by atoms with Gasteiger partial charge in [-0.3, -0.25) is 9.59 Å². The summed E-state index contributed by atoms with van der Waals surface area (Å²) in [4.78, 5) is 29.9. The standard InChI is InChI=1S/C14H19N5O2/c15-18-12-3-1-2-11(16-12)14(21)19-7-6-10-9(8-19)4-5-13(20)17-10/h1-3,9-10H,4-8,15H2,(H,16,18)(H,17,20). The summed E-state index contributed by atoms with van der Waals surface area (Å²) < 4.78 is 0. The van der Waals surface area contributed by atoms with Crippen LogP contribution in [0.4, 0.5) is 5.82 Å². The Kier molecular flexibility index (Phi) is 3.74. The summed E-state index contributed by atoms with van der Waals surface area (Å²) in [6.45, 7) is 1.31. The molecule has 2 saturated heterocycles. The molecule has 3 heterocycles. The Morgan fingerprint density at radius 2 is 2.29 bits per heavy atom. The third-order valence-electron chi connectivity index (χ3n) is 4.23. The van der Waals surface area contributed by atoms with E-state index in [0.29, 0.717) is 36.9 Å². The maximum Gasteiger partial charge on any atom is 0.272 e. The lowest BCUT2D eigenvalue weighted by atomic mass is 9.85. The van der Waals surface area contributed by atoms with Crippen molar-refractivity contribution in [1.82, 2.24) is 15.2 Å². The van der Waals surface area contributed by atoms with Gasteiger partial charge in [0.05, 0.1) is 0 Å². The van der Waals surface area contributed by atoms with Crippen molar-refractivity contribution in [1.29, 1.82) is 0 Å². The van der Waals surface area contributed by atoms with Crippen molar-refractivity contribution in [2.24, 2.45) is 11.8 Å². The van der Waals surface area contributed by atoms with Gasteiger partial charge in [-0.25, -0.2) is 10.8 Å². The lowest BCUT2D eigenvalue weighted by molar-refractivity contribution is -0.125. The van der Waals surface area contributed by atoms with Crippen molar-refractivity contribution in [3.8, 4) is 0 Å². The minimum absolute atomic E-state index is 0.0811. The number of anilines is 1. The van der Waals surface area contributed by atoms with Crippen LogP contribution in [-0.2, 0) is 4.79 Å². The molecule has 1 aromatic heterocycles. The molecule has 2 aliphatic rings. The van der Waals surface area contributed by atoms with Crippen LogP contribution in [0.15, 0.2) is 18.2 Å². The first-order chi connectivity index (χ1) is 10.2. The fraction of sp³-hybridized carbons (Fsp3) is 0.500. The molecule has 2 unspecified atom stereocenters. The molecule has 7 heteroatoms. The topological polar surface area (TPSA) is 100 Å². The Bertz CT molecular complexity index is 562. The van der Waals surface area contributed by atoms with Crippen molar-refractivity contribution >= 4 is 17.6 Å². The first-order valence-electron chi connectivity index (χ1n) is 7.19. The third-order valence-corrected chi connectivity index (χ3v) is 4.23. The zero-order valence-electron chi connectivity index (χ0n) is 11.7. The number of aromatic nitrogens is 1. The number of nitrogens with one attached hydrogen (secondary N) is 2. The fourth-order valence-corrected chi connectivity index (χ4v) is 3.09. The van der Waals surface area contributed by atoms with Gasteiger partial charge in [-0.05, 0) is 30.9 Å². The fourth-order valence-electron chi connectivity index (χ4n) is 3.09. The van der Waals surface area contributed by atoms with Gasteiger partial charge in [0, 0.05) is 25.6 Å². The predicted octanol–water partition coefficient (Wildman–Crippen LogP) is 0.108. The third kappa shape index (κ3) is 2.82. The van der Waals surface area contributed by atoms with Gasteiger partial charge in [0.15, 0.2) is 0 Å². The molecule has 7 nitrogen and oxygen atoms in total. The van der Waals surface area contributed by atoms with Crippen LogP contribution in [0.25, 0.3) is 0 Å². The molecule has 2 amide bonds. The summed E-state index contributed by atoms with van der Waals surface area (Å²) in [5.41, 5.74) is 2.84. The van der Waals surface area contributed by atoms with E-state index in [-0.39, 0.29) is 17.9 Å². The van der Waals surface area contributed by atoms with Crippen molar-refractivity contribution in [3.05, 3.63) is 23.9 Å². The normalized spacial score (nSPS) is 25.0. The largest absolute Gasteiger partial charge is 0.353 e. The molecule has 2 atom stereocenters. The van der Waals surface area contributed by atoms with Gasteiger partial charge in [-0.2, -0.15) is 0 Å². The zero-order valence-corrected chi connectivity index (χ0v) is 11.7. The predicted molar refractivity (Wildman–Crippen MR) is 77.2 cm³/mol. The second-order valence-electron chi connectivity index (χ2n) is 5.57. The van der Waals surface area contributed by atoms with Gasteiger partial charge < -0.3 is 15.6 Å². The number of nitrogens with zero attached hydrogens (tertiary/aromatic N) is 2. The molecule has 0 saturated carbocycles. The van der Waals surface area contributed by atoms with Gasteiger partial charge in [-0.1, -0.05) is 6.07 Å². The number of amides is 2. The molecule has 112 valence electrons. The number of hydrogen-bond donors (Lipinski definition) is 3. The molecule has 0 aliphatic carbocycles. The Labute approximate surface area is 122 Å². The summed E-state index contributed by atoms with van der Waals surface area (Å²) in [6.07, 6.45) is 2.20. The number of nitrogen functional groups attached to an aromatic ring is 1. The van der Waals surface area contributed by atoms with Crippen LogP contribution in [0.1, 0.15) is 29.8 Å². The number of likely N-dealkylation sites (tertiary alicyclic amines) is 1. The first kappa shape index (κ1) is 13.8. The summed E-state index contributed by atoms with van der Waals surface area (Å²) in [5.74, 6) is 6.18. The number of carbonyl (C=O) groups is 2. The number of hydrazine groups is 1. The number of pyridine rings is 1. The Morgan fingerprint density at radius 3 is 3.10 bits per heavy atom. The Hall–Kier alpha value is -2.15. The van der Waals surface area contributed by atoms with Gasteiger partial charge in [0.1, 0.15) is 11.5 Å². The molecule has 0 bridgehead atoms. The van der Waals surface area contributed by atoms with E-state index in [1.165, 1.54) is 0 Å². The molecule has 4 N–H and O–H groups in total. The van der Waals surface area contributed by atoms with Crippen molar-refractivity contribution in [2.45, 2.75) is 25.3 Å². The number of hydrogen-bond acceptors (Lipinski definition) is 5. The van der Waals surface area contributed by atoms with E-state index >= 15 is 0 Å². The van der Waals surface area contributed by atoms with E-state index in [4.69, 9.17) is 5.84 Å². The van der Waals surface area contributed by atoms with Crippen LogP contribution in [0.5, 0.6) is 0 Å². The van der Waals surface area contributed by atoms with Crippen LogP contribution >= 0.6 is 0 Å². The van der Waals surface area contributed by atoms with Crippen LogP contribution in [0.3, 0.4) is 0 Å². The monoisotopic (exact) mass is 289 g/mol. The maximum atomic E-state index is 12.5. The second-order valence-corrected chi connectivity index (χ2v) is 5.57. The van der Waals surface area contributed by atoms with E-state index in [2.05, 4.69) is 15.7 Å². The number of nitrogens with two attached hydrogens (primary N) is 1. The van der Waals surface area contributed by atoms with Crippen LogP contribution in [-0.4, -0.2) is 40.8 Å². The molecule has 1 aromatic rings. The van der Waals surface area contributed by atoms with Crippen molar-refractivity contribution < 1.29 is 9.59 Å². The summed E-state index contributed by atoms with van der Waals surface area (Å²) in [5, 5.41) is 3.02. The number of carbonyl (C=O) groups excluding carboxylic acids is 2. The van der Waals surface area contributed by atoms with E-state index in [1.807, 2.05) is 4.90 Å². The van der Waals surface area contributed by atoms with E-state index in [1.54, 1.807) is 18.2 Å². The quantitative estimate of drug-likeness (QED) is 0.530. The maximum absolute atomic E-state index is 12.5. The van der Waals surface area contributed by atoms with Crippen molar-refractivity contribution in [3.63, 3.8) is 0 Å². The van der Waals surface area contributed by atoms with Gasteiger partial charge in [-0.15, -0.1) is 0 Å². The summed E-state index contributed by atoms with van der Waals surface area (Å²) >= 11 is 0. The van der Waals surface area contributed by atoms with E-state index in [0.717, 1.165) is 12.8 Å².